The lowest BCUT2D eigenvalue weighted by Crippen LogP contribution is -2.69. The molecule has 2 rings (SSSR count). The van der Waals surface area contributed by atoms with E-state index < -0.39 is 24.0 Å². The Balaban J connectivity index is 2.10. The van der Waals surface area contributed by atoms with Crippen LogP contribution >= 0.6 is 0 Å². The van der Waals surface area contributed by atoms with Crippen LogP contribution in [0.2, 0.25) is 0 Å². The van der Waals surface area contributed by atoms with Gasteiger partial charge in [-0.15, -0.1) is 0 Å². The molecule has 0 fully saturated rings. The molecule has 0 saturated heterocycles. The van der Waals surface area contributed by atoms with Crippen LogP contribution in [-0.4, -0.2) is 34.1 Å². The molecule has 0 saturated carbocycles. The number of aromatic nitrogens is 1. The van der Waals surface area contributed by atoms with Gasteiger partial charge in [0.05, 0.1) is 12.0 Å². The molecule has 7 heteroatoms. The monoisotopic (exact) mass is 291 g/mol. The van der Waals surface area contributed by atoms with Crippen molar-refractivity contribution in [3.05, 3.63) is 30.0 Å². The lowest BCUT2D eigenvalue weighted by molar-refractivity contribution is -0.403. The number of aliphatic carboxylic acids is 1. The number of carbonyl (C=O) groups excluding carboxylic acids is 2. The van der Waals surface area contributed by atoms with Crippen LogP contribution in [-0.2, 0) is 16.0 Å². The molecule has 0 spiro atoms. The van der Waals surface area contributed by atoms with Gasteiger partial charge in [0.15, 0.2) is 6.04 Å². The summed E-state index contributed by atoms with van der Waals surface area (Å²) in [4.78, 5) is 25.5. The minimum Gasteiger partial charge on any atom is -0.548 e. The first-order valence-corrected chi connectivity index (χ1v) is 6.51. The van der Waals surface area contributed by atoms with Crippen LogP contribution in [0.1, 0.15) is 12.5 Å². The van der Waals surface area contributed by atoms with E-state index in [-0.39, 0.29) is 5.75 Å². The molecule has 0 aliphatic heterocycles. The van der Waals surface area contributed by atoms with Gasteiger partial charge in [-0.25, -0.2) is 0 Å². The summed E-state index contributed by atoms with van der Waals surface area (Å²) in [5, 5.41) is 23.3. The van der Waals surface area contributed by atoms with E-state index in [1.54, 1.807) is 24.4 Å². The third kappa shape index (κ3) is 3.32. The quantitative estimate of drug-likeness (QED) is 0.521. The van der Waals surface area contributed by atoms with Crippen LogP contribution < -0.4 is 16.2 Å². The van der Waals surface area contributed by atoms with E-state index in [1.165, 1.54) is 6.92 Å². The third-order valence-corrected chi connectivity index (χ3v) is 3.30. The maximum atomic E-state index is 11.9. The first-order chi connectivity index (χ1) is 9.88. The number of hydrogen-bond acceptors (Lipinski definition) is 4. The number of phenolic OH excluding ortho intramolecular Hbond substituents is 1. The zero-order valence-electron chi connectivity index (χ0n) is 11.6. The molecule has 0 radical (unpaired) electrons. The number of aromatic amines is 1. The number of amides is 1. The first kappa shape index (κ1) is 14.9. The Labute approximate surface area is 120 Å². The van der Waals surface area contributed by atoms with Crippen LogP contribution in [0.3, 0.4) is 0 Å². The van der Waals surface area contributed by atoms with Gasteiger partial charge < -0.3 is 31.0 Å². The van der Waals surface area contributed by atoms with Gasteiger partial charge in [-0.2, -0.15) is 0 Å². The van der Waals surface area contributed by atoms with Gasteiger partial charge in [0, 0.05) is 23.5 Å². The Kier molecular flexibility index (Phi) is 4.13. The van der Waals surface area contributed by atoms with E-state index in [0.717, 1.165) is 16.5 Å². The van der Waals surface area contributed by atoms with Gasteiger partial charge in [0.2, 0.25) is 0 Å². The Morgan fingerprint density at radius 1 is 1.48 bits per heavy atom. The Morgan fingerprint density at radius 3 is 2.86 bits per heavy atom. The van der Waals surface area contributed by atoms with Crippen molar-refractivity contribution in [1.82, 2.24) is 10.3 Å². The molecular formula is C14H17N3O4. The molecule has 1 heterocycles. The summed E-state index contributed by atoms with van der Waals surface area (Å²) in [5.74, 6) is -1.66. The van der Waals surface area contributed by atoms with Gasteiger partial charge in [-0.3, -0.25) is 4.79 Å². The predicted octanol–water partition coefficient (Wildman–Crippen LogP) is -1.72. The van der Waals surface area contributed by atoms with Crippen molar-refractivity contribution in [1.29, 1.82) is 0 Å². The van der Waals surface area contributed by atoms with Crippen LogP contribution in [0.25, 0.3) is 10.9 Å². The molecule has 1 aromatic carbocycles. The molecule has 0 bridgehead atoms. The fourth-order valence-electron chi connectivity index (χ4n) is 2.08. The Morgan fingerprint density at radius 2 is 2.19 bits per heavy atom. The Bertz CT molecular complexity index is 680. The number of rotatable bonds is 5. The molecule has 0 unspecified atom stereocenters. The van der Waals surface area contributed by atoms with E-state index in [1.807, 2.05) is 0 Å². The summed E-state index contributed by atoms with van der Waals surface area (Å²) in [6.07, 6.45) is 2.08. The summed E-state index contributed by atoms with van der Waals surface area (Å²) in [7, 11) is 0. The summed E-state index contributed by atoms with van der Waals surface area (Å²) in [5.41, 5.74) is 5.43. The van der Waals surface area contributed by atoms with Gasteiger partial charge in [-0.05, 0) is 30.7 Å². The average Bonchev–Trinajstić information content (AvgIpc) is 2.81. The fraction of sp³-hybridized carbons (Fsp3) is 0.286. The molecule has 0 aliphatic carbocycles. The van der Waals surface area contributed by atoms with E-state index in [2.05, 4.69) is 16.0 Å². The largest absolute Gasteiger partial charge is 0.548 e. The van der Waals surface area contributed by atoms with Crippen molar-refractivity contribution in [3.63, 3.8) is 0 Å². The predicted molar refractivity (Wildman–Crippen MR) is 73.0 cm³/mol. The minimum atomic E-state index is -1.34. The number of carboxylic acids is 1. The van der Waals surface area contributed by atoms with E-state index >= 15 is 0 Å². The highest BCUT2D eigenvalue weighted by atomic mass is 16.4. The minimum absolute atomic E-state index is 0.138. The zero-order valence-corrected chi connectivity index (χ0v) is 11.6. The third-order valence-electron chi connectivity index (χ3n) is 3.30. The molecule has 1 amide bonds. The molecular weight excluding hydrogens is 274 g/mol. The molecule has 1 aromatic heterocycles. The van der Waals surface area contributed by atoms with Crippen LogP contribution in [0.4, 0.5) is 0 Å². The number of H-pyrrole nitrogens is 1. The SMILES string of the molecule is C[C@@H](NC(=O)[C@H]([NH3+])Cc1c[nH]c2ccc(O)cc12)C(=O)[O-]. The number of benzene rings is 1. The maximum absolute atomic E-state index is 11.9. The van der Waals surface area contributed by atoms with Crippen molar-refractivity contribution in [2.45, 2.75) is 25.4 Å². The van der Waals surface area contributed by atoms with Crippen molar-refractivity contribution in [3.8, 4) is 5.75 Å². The number of fused-ring (bicyclic) bond motifs is 1. The second-order valence-electron chi connectivity index (χ2n) is 4.99. The van der Waals surface area contributed by atoms with Gasteiger partial charge >= 0.3 is 0 Å². The molecule has 0 aliphatic rings. The van der Waals surface area contributed by atoms with Gasteiger partial charge in [0.25, 0.3) is 5.91 Å². The lowest BCUT2D eigenvalue weighted by Gasteiger charge is -2.16. The lowest BCUT2D eigenvalue weighted by atomic mass is 10.0. The highest BCUT2D eigenvalue weighted by Crippen LogP contribution is 2.23. The van der Waals surface area contributed by atoms with Crippen molar-refractivity contribution >= 4 is 22.8 Å². The first-order valence-electron chi connectivity index (χ1n) is 6.51. The molecule has 7 nitrogen and oxygen atoms in total. The molecule has 112 valence electrons. The van der Waals surface area contributed by atoms with Gasteiger partial charge in [-0.1, -0.05) is 0 Å². The van der Waals surface area contributed by atoms with Crippen LogP contribution in [0.5, 0.6) is 5.75 Å². The number of hydrogen-bond donors (Lipinski definition) is 4. The smallest absolute Gasteiger partial charge is 0.279 e. The highest BCUT2D eigenvalue weighted by molar-refractivity contribution is 5.88. The molecule has 2 atom stereocenters. The van der Waals surface area contributed by atoms with E-state index in [4.69, 9.17) is 0 Å². The molecule has 2 aromatic rings. The van der Waals surface area contributed by atoms with E-state index in [9.17, 15) is 19.8 Å². The van der Waals surface area contributed by atoms with Crippen LogP contribution in [0, 0.1) is 0 Å². The number of carboxylic acid groups (broad SMARTS) is 1. The standard InChI is InChI=1S/C14H17N3O4/c1-7(14(20)21)17-13(19)11(15)4-8-6-16-12-3-2-9(18)5-10(8)12/h2-3,5-7,11,16,18H,4,15H2,1H3,(H,17,19)(H,20,21)/t7-,11-/m1/s1. The fourth-order valence-corrected chi connectivity index (χ4v) is 2.08. The summed E-state index contributed by atoms with van der Waals surface area (Å²) < 4.78 is 0. The summed E-state index contributed by atoms with van der Waals surface area (Å²) in [6.45, 7) is 1.34. The number of nitrogens with one attached hydrogen (secondary N) is 2. The second-order valence-corrected chi connectivity index (χ2v) is 4.99. The average molecular weight is 291 g/mol. The molecule has 6 N–H and O–H groups in total. The number of phenols is 1. The number of aromatic hydroxyl groups is 1. The number of carbonyl (C=O) groups is 2. The zero-order chi connectivity index (χ0) is 15.6. The normalized spacial score (nSPS) is 13.8. The van der Waals surface area contributed by atoms with Crippen molar-refractivity contribution in [2.24, 2.45) is 0 Å². The summed E-state index contributed by atoms with van der Waals surface area (Å²) >= 11 is 0. The van der Waals surface area contributed by atoms with Crippen molar-refractivity contribution in [2.75, 3.05) is 0 Å². The van der Waals surface area contributed by atoms with Crippen LogP contribution in [0.15, 0.2) is 24.4 Å². The molecule has 21 heavy (non-hydrogen) atoms. The van der Waals surface area contributed by atoms with Gasteiger partial charge in [0.1, 0.15) is 5.75 Å². The van der Waals surface area contributed by atoms with E-state index in [0.29, 0.717) is 6.42 Å². The Hall–Kier alpha value is -2.54. The summed E-state index contributed by atoms with van der Waals surface area (Å²) in [6, 6.07) is 3.21. The number of quaternary nitrogens is 1. The van der Waals surface area contributed by atoms with Crippen molar-refractivity contribution < 1.29 is 25.5 Å². The topological polar surface area (TPSA) is 133 Å². The maximum Gasteiger partial charge on any atom is 0.279 e. The second kappa shape index (κ2) is 5.84. The highest BCUT2D eigenvalue weighted by Gasteiger charge is 2.21.